The average molecular weight is 285 g/mol. The number of aromatic hydroxyl groups is 2. The van der Waals surface area contributed by atoms with Gasteiger partial charge in [-0.05, 0) is 32.0 Å². The second-order valence-corrected chi connectivity index (χ2v) is 5.10. The van der Waals surface area contributed by atoms with Gasteiger partial charge >= 0.3 is 0 Å². The summed E-state index contributed by atoms with van der Waals surface area (Å²) in [6.45, 7) is 3.56. The number of carbonyl (C=O) groups excluding carboxylic acids is 1. The summed E-state index contributed by atoms with van der Waals surface area (Å²) in [6, 6.07) is 11.6. The number of amides is 1. The number of nitrogens with zero attached hydrogens (tertiary/aromatic N) is 1. The molecule has 2 rings (SSSR count). The van der Waals surface area contributed by atoms with Crippen molar-refractivity contribution in [1.82, 2.24) is 4.90 Å². The van der Waals surface area contributed by atoms with Gasteiger partial charge in [0.1, 0.15) is 11.5 Å². The second-order valence-electron chi connectivity index (χ2n) is 5.10. The van der Waals surface area contributed by atoms with Crippen LogP contribution in [0.25, 0.3) is 0 Å². The normalized spacial score (nSPS) is 12.0. The van der Waals surface area contributed by atoms with E-state index in [0.717, 1.165) is 0 Å². The summed E-state index contributed by atoms with van der Waals surface area (Å²) < 4.78 is 0. The van der Waals surface area contributed by atoms with Crippen molar-refractivity contribution in [3.63, 3.8) is 0 Å². The smallest absolute Gasteiger partial charge is 0.254 e. The van der Waals surface area contributed by atoms with Gasteiger partial charge in [0.15, 0.2) is 0 Å². The minimum absolute atomic E-state index is 0.101. The van der Waals surface area contributed by atoms with Gasteiger partial charge in [-0.3, -0.25) is 4.79 Å². The Morgan fingerprint density at radius 3 is 2.33 bits per heavy atom. The molecule has 0 fully saturated rings. The fourth-order valence-electron chi connectivity index (χ4n) is 2.27. The third-order valence-corrected chi connectivity index (χ3v) is 3.82. The number of phenols is 2. The summed E-state index contributed by atoms with van der Waals surface area (Å²) in [7, 11) is 1.68. The van der Waals surface area contributed by atoms with Crippen LogP contribution in [0.5, 0.6) is 11.5 Å². The Labute approximate surface area is 124 Å². The highest BCUT2D eigenvalue weighted by Crippen LogP contribution is 2.29. The molecule has 0 aliphatic heterocycles. The molecule has 0 aliphatic carbocycles. The Hall–Kier alpha value is -2.49. The zero-order chi connectivity index (χ0) is 15.6. The Bertz CT molecular complexity index is 667. The number of benzene rings is 2. The molecule has 0 spiro atoms. The molecule has 2 aromatic rings. The van der Waals surface area contributed by atoms with Gasteiger partial charge in [-0.1, -0.05) is 24.3 Å². The van der Waals surface area contributed by atoms with Crippen molar-refractivity contribution in [3.05, 3.63) is 59.2 Å². The van der Waals surface area contributed by atoms with Crippen LogP contribution in [0, 0.1) is 6.92 Å². The van der Waals surface area contributed by atoms with E-state index in [0.29, 0.717) is 16.7 Å². The third kappa shape index (κ3) is 2.84. The molecule has 4 heteroatoms. The first kappa shape index (κ1) is 14.9. The number of hydrogen-bond donors (Lipinski definition) is 2. The van der Waals surface area contributed by atoms with Crippen molar-refractivity contribution >= 4 is 5.91 Å². The fraction of sp³-hybridized carbons (Fsp3) is 0.235. The molecule has 0 bridgehead atoms. The average Bonchev–Trinajstić information content (AvgIpc) is 2.48. The molecule has 110 valence electrons. The Morgan fingerprint density at radius 2 is 1.67 bits per heavy atom. The van der Waals surface area contributed by atoms with Gasteiger partial charge < -0.3 is 15.1 Å². The molecule has 4 nitrogen and oxygen atoms in total. The predicted molar refractivity (Wildman–Crippen MR) is 81.5 cm³/mol. The summed E-state index contributed by atoms with van der Waals surface area (Å²) in [6.07, 6.45) is 0. The SMILES string of the molecule is Cc1c(O)cccc1C(=O)N(C)C(C)c1ccccc1O. The maximum absolute atomic E-state index is 12.6. The standard InChI is InChI=1S/C17H19NO3/c1-11-13(8-6-10-15(11)19)17(21)18(3)12(2)14-7-4-5-9-16(14)20/h4-10,12,19-20H,1-3H3. The predicted octanol–water partition coefficient (Wildman–Crippen LogP) is 3.24. The highest BCUT2D eigenvalue weighted by molar-refractivity contribution is 5.96. The fourth-order valence-corrected chi connectivity index (χ4v) is 2.27. The number of phenolic OH excluding ortho intramolecular Hbond substituents is 2. The van der Waals surface area contributed by atoms with Crippen LogP contribution in [-0.2, 0) is 0 Å². The molecule has 2 aromatic carbocycles. The van der Waals surface area contributed by atoms with Gasteiger partial charge in [0.05, 0.1) is 6.04 Å². The zero-order valence-corrected chi connectivity index (χ0v) is 12.4. The van der Waals surface area contributed by atoms with Gasteiger partial charge in [0.2, 0.25) is 0 Å². The van der Waals surface area contributed by atoms with Crippen LogP contribution in [0.4, 0.5) is 0 Å². The highest BCUT2D eigenvalue weighted by Gasteiger charge is 2.22. The monoisotopic (exact) mass is 285 g/mol. The summed E-state index contributed by atoms with van der Waals surface area (Å²) in [5.74, 6) is 0.0703. The number of carbonyl (C=O) groups is 1. The summed E-state index contributed by atoms with van der Waals surface area (Å²) in [5, 5.41) is 19.6. The van der Waals surface area contributed by atoms with Crippen LogP contribution in [0.2, 0.25) is 0 Å². The van der Waals surface area contributed by atoms with Crippen molar-refractivity contribution in [2.45, 2.75) is 19.9 Å². The van der Waals surface area contributed by atoms with E-state index in [1.165, 1.54) is 0 Å². The van der Waals surface area contributed by atoms with Crippen LogP contribution in [0.15, 0.2) is 42.5 Å². The number of hydrogen-bond acceptors (Lipinski definition) is 3. The van der Waals surface area contributed by atoms with Gasteiger partial charge in [-0.15, -0.1) is 0 Å². The first-order valence-electron chi connectivity index (χ1n) is 6.77. The quantitative estimate of drug-likeness (QED) is 0.910. The summed E-state index contributed by atoms with van der Waals surface area (Å²) in [5.41, 5.74) is 1.70. The Morgan fingerprint density at radius 1 is 1.05 bits per heavy atom. The van der Waals surface area contributed by atoms with Crippen LogP contribution >= 0.6 is 0 Å². The first-order chi connectivity index (χ1) is 9.93. The lowest BCUT2D eigenvalue weighted by Gasteiger charge is -2.26. The number of rotatable bonds is 3. The maximum Gasteiger partial charge on any atom is 0.254 e. The van der Waals surface area contributed by atoms with Gasteiger partial charge in [0.25, 0.3) is 5.91 Å². The van der Waals surface area contributed by atoms with E-state index < -0.39 is 0 Å². The van der Waals surface area contributed by atoms with Crippen molar-refractivity contribution in [3.8, 4) is 11.5 Å². The van der Waals surface area contributed by atoms with E-state index in [4.69, 9.17) is 0 Å². The molecular formula is C17H19NO3. The molecular weight excluding hydrogens is 266 g/mol. The second kappa shape index (κ2) is 5.87. The molecule has 0 heterocycles. The molecule has 1 amide bonds. The topological polar surface area (TPSA) is 60.8 Å². The molecule has 0 aliphatic rings. The van der Waals surface area contributed by atoms with Crippen molar-refractivity contribution < 1.29 is 15.0 Å². The van der Waals surface area contributed by atoms with E-state index in [1.54, 1.807) is 55.3 Å². The van der Waals surface area contributed by atoms with Crippen molar-refractivity contribution in [1.29, 1.82) is 0 Å². The first-order valence-corrected chi connectivity index (χ1v) is 6.77. The molecule has 21 heavy (non-hydrogen) atoms. The zero-order valence-electron chi connectivity index (χ0n) is 12.4. The molecule has 0 radical (unpaired) electrons. The minimum Gasteiger partial charge on any atom is -0.508 e. The third-order valence-electron chi connectivity index (χ3n) is 3.82. The van der Waals surface area contributed by atoms with E-state index in [2.05, 4.69) is 0 Å². The van der Waals surface area contributed by atoms with Crippen molar-refractivity contribution in [2.24, 2.45) is 0 Å². The molecule has 0 saturated heterocycles. The van der Waals surface area contributed by atoms with Gasteiger partial charge in [-0.2, -0.15) is 0 Å². The molecule has 1 unspecified atom stereocenters. The number of para-hydroxylation sites is 1. The van der Waals surface area contributed by atoms with E-state index in [9.17, 15) is 15.0 Å². The molecule has 1 atom stereocenters. The Balaban J connectivity index is 2.31. The van der Waals surface area contributed by atoms with Crippen LogP contribution in [0.3, 0.4) is 0 Å². The molecule has 0 saturated carbocycles. The summed E-state index contributed by atoms with van der Waals surface area (Å²) in [4.78, 5) is 14.1. The van der Waals surface area contributed by atoms with Gasteiger partial charge in [-0.25, -0.2) is 0 Å². The van der Waals surface area contributed by atoms with Crippen molar-refractivity contribution in [2.75, 3.05) is 7.05 Å². The summed E-state index contributed by atoms with van der Waals surface area (Å²) >= 11 is 0. The van der Waals surface area contributed by atoms with Crippen LogP contribution in [-0.4, -0.2) is 28.1 Å². The lowest BCUT2D eigenvalue weighted by Crippen LogP contribution is -2.30. The molecule has 0 aromatic heterocycles. The largest absolute Gasteiger partial charge is 0.508 e. The van der Waals surface area contributed by atoms with E-state index >= 15 is 0 Å². The highest BCUT2D eigenvalue weighted by atomic mass is 16.3. The lowest BCUT2D eigenvalue weighted by atomic mass is 10.0. The van der Waals surface area contributed by atoms with E-state index in [-0.39, 0.29) is 23.4 Å². The van der Waals surface area contributed by atoms with Crippen LogP contribution < -0.4 is 0 Å². The lowest BCUT2D eigenvalue weighted by molar-refractivity contribution is 0.0740. The molecule has 2 N–H and O–H groups in total. The Kier molecular flexibility index (Phi) is 4.17. The maximum atomic E-state index is 12.6. The van der Waals surface area contributed by atoms with E-state index in [1.807, 2.05) is 13.0 Å². The minimum atomic E-state index is -0.277. The van der Waals surface area contributed by atoms with Gasteiger partial charge in [0, 0.05) is 23.7 Å². The van der Waals surface area contributed by atoms with Crippen LogP contribution in [0.1, 0.15) is 34.5 Å².